The summed E-state index contributed by atoms with van der Waals surface area (Å²) in [7, 11) is 1.61. The lowest BCUT2D eigenvalue weighted by Crippen LogP contribution is -2.28. The number of hydrogen-bond donors (Lipinski definition) is 2. The number of fused-ring (bicyclic) bond motifs is 1. The molecule has 2 heterocycles. The molecule has 6 heteroatoms. The maximum atomic E-state index is 11.8. The van der Waals surface area contributed by atoms with Crippen LogP contribution in [0.5, 0.6) is 0 Å². The van der Waals surface area contributed by atoms with Crippen LogP contribution in [0, 0.1) is 10.8 Å². The van der Waals surface area contributed by atoms with Crippen LogP contribution in [0.3, 0.4) is 0 Å². The summed E-state index contributed by atoms with van der Waals surface area (Å²) in [6.45, 7) is 8.75. The van der Waals surface area contributed by atoms with Crippen molar-refractivity contribution in [3.63, 3.8) is 0 Å². The van der Waals surface area contributed by atoms with E-state index in [0.29, 0.717) is 11.2 Å². The third-order valence-corrected chi connectivity index (χ3v) is 5.07. The molecule has 1 saturated carbocycles. The van der Waals surface area contributed by atoms with E-state index in [1.54, 1.807) is 7.05 Å². The van der Waals surface area contributed by atoms with E-state index >= 15 is 0 Å². The van der Waals surface area contributed by atoms with E-state index in [0.717, 1.165) is 5.82 Å². The van der Waals surface area contributed by atoms with Crippen molar-refractivity contribution in [2.24, 2.45) is 17.9 Å². The maximum absolute atomic E-state index is 11.8. The number of imidazole rings is 1. The molecule has 1 aliphatic rings. The van der Waals surface area contributed by atoms with Crippen LogP contribution in [0.15, 0.2) is 9.59 Å². The number of aromatic nitrogens is 4. The van der Waals surface area contributed by atoms with Crippen molar-refractivity contribution < 1.29 is 0 Å². The molecular formula is C13H18N4O2. The molecule has 0 aromatic carbocycles. The predicted octanol–water partition coefficient (Wildman–Crippen LogP) is 1.10. The maximum Gasteiger partial charge on any atom is 0.329 e. The molecule has 0 unspecified atom stereocenters. The Bertz CT molecular complexity index is 777. The molecule has 0 aliphatic heterocycles. The molecule has 1 aliphatic carbocycles. The summed E-state index contributed by atoms with van der Waals surface area (Å²) < 4.78 is 1.36. The molecule has 2 N–H and O–H groups in total. The van der Waals surface area contributed by atoms with Crippen LogP contribution in [0.4, 0.5) is 0 Å². The van der Waals surface area contributed by atoms with Gasteiger partial charge in [-0.3, -0.25) is 14.3 Å². The summed E-state index contributed by atoms with van der Waals surface area (Å²) in [6.07, 6.45) is 0. The van der Waals surface area contributed by atoms with Crippen LogP contribution in [0.25, 0.3) is 11.2 Å². The zero-order chi connectivity index (χ0) is 14.2. The summed E-state index contributed by atoms with van der Waals surface area (Å²) >= 11 is 0. The predicted molar refractivity (Wildman–Crippen MR) is 72.3 cm³/mol. The summed E-state index contributed by atoms with van der Waals surface area (Å²) in [5.74, 6) is 1.05. The molecule has 6 nitrogen and oxygen atoms in total. The van der Waals surface area contributed by atoms with Crippen molar-refractivity contribution >= 4 is 11.2 Å². The van der Waals surface area contributed by atoms with Gasteiger partial charge < -0.3 is 4.98 Å². The molecule has 1 fully saturated rings. The van der Waals surface area contributed by atoms with E-state index in [-0.39, 0.29) is 16.7 Å². The van der Waals surface area contributed by atoms with Crippen molar-refractivity contribution in [3.05, 3.63) is 26.7 Å². The zero-order valence-corrected chi connectivity index (χ0v) is 11.8. The average Bonchev–Trinajstić information content (AvgIpc) is 2.66. The topological polar surface area (TPSA) is 83.5 Å². The average molecular weight is 262 g/mol. The Balaban J connectivity index is 2.26. The number of aromatic amines is 2. The summed E-state index contributed by atoms with van der Waals surface area (Å²) in [6, 6.07) is 0. The van der Waals surface area contributed by atoms with Gasteiger partial charge in [-0.25, -0.2) is 9.78 Å². The fraction of sp³-hybridized carbons (Fsp3) is 0.615. The van der Waals surface area contributed by atoms with Crippen LogP contribution in [0.1, 0.15) is 39.4 Å². The minimum absolute atomic E-state index is 0.131. The molecule has 3 rings (SSSR count). The zero-order valence-electron chi connectivity index (χ0n) is 11.8. The first-order valence-corrected chi connectivity index (χ1v) is 6.37. The van der Waals surface area contributed by atoms with Gasteiger partial charge in [0.25, 0.3) is 5.56 Å². The smallest absolute Gasteiger partial charge is 0.329 e. The highest BCUT2D eigenvalue weighted by Crippen LogP contribution is 2.73. The number of nitrogens with zero attached hydrogens (tertiary/aromatic N) is 2. The summed E-state index contributed by atoms with van der Waals surface area (Å²) in [5, 5.41) is 0. The second-order valence-corrected chi connectivity index (χ2v) is 6.52. The third kappa shape index (κ3) is 1.34. The Morgan fingerprint density at radius 1 is 1.11 bits per heavy atom. The standard InChI is InChI=1S/C13H18N4O2/c1-12(2)7(13(12,3)4)8-14-6-9(15-8)17(5)11(19)16-10(6)18/h7H,1-5H3,(H,14,15)(H,16,18,19). The van der Waals surface area contributed by atoms with E-state index < -0.39 is 11.2 Å². The van der Waals surface area contributed by atoms with Crippen LogP contribution in [-0.4, -0.2) is 19.5 Å². The molecule has 2 aromatic heterocycles. The number of nitrogens with one attached hydrogen (secondary N) is 2. The van der Waals surface area contributed by atoms with Crippen molar-refractivity contribution in [3.8, 4) is 0 Å². The van der Waals surface area contributed by atoms with E-state index in [1.165, 1.54) is 4.57 Å². The van der Waals surface area contributed by atoms with E-state index in [1.807, 2.05) is 0 Å². The number of rotatable bonds is 1. The van der Waals surface area contributed by atoms with Crippen molar-refractivity contribution in [2.75, 3.05) is 0 Å². The Labute approximate surface area is 109 Å². The van der Waals surface area contributed by atoms with Crippen molar-refractivity contribution in [1.29, 1.82) is 0 Å². The van der Waals surface area contributed by atoms with Crippen molar-refractivity contribution in [2.45, 2.75) is 33.6 Å². The quantitative estimate of drug-likeness (QED) is 0.807. The van der Waals surface area contributed by atoms with Gasteiger partial charge in [0.15, 0.2) is 5.65 Å². The van der Waals surface area contributed by atoms with E-state index in [4.69, 9.17) is 0 Å². The highest BCUT2D eigenvalue weighted by atomic mass is 16.2. The molecule has 0 spiro atoms. The fourth-order valence-corrected chi connectivity index (χ4v) is 3.14. The molecule has 0 atom stereocenters. The lowest BCUT2D eigenvalue weighted by Gasteiger charge is -2.03. The van der Waals surface area contributed by atoms with E-state index in [9.17, 15) is 9.59 Å². The Kier molecular flexibility index (Phi) is 2.04. The monoisotopic (exact) mass is 262 g/mol. The van der Waals surface area contributed by atoms with Gasteiger partial charge in [-0.15, -0.1) is 0 Å². The first-order valence-electron chi connectivity index (χ1n) is 6.37. The molecule has 0 amide bonds. The minimum atomic E-state index is -0.440. The largest absolute Gasteiger partial charge is 0.336 e. The molecule has 0 bridgehead atoms. The fourth-order valence-electron chi connectivity index (χ4n) is 3.14. The van der Waals surface area contributed by atoms with E-state index in [2.05, 4.69) is 42.6 Å². The first-order chi connectivity index (χ1) is 8.68. The Morgan fingerprint density at radius 2 is 1.68 bits per heavy atom. The third-order valence-electron chi connectivity index (χ3n) is 5.07. The van der Waals surface area contributed by atoms with Gasteiger partial charge in [0.1, 0.15) is 11.3 Å². The normalized spacial score (nSPS) is 20.9. The van der Waals surface area contributed by atoms with Crippen LogP contribution >= 0.6 is 0 Å². The van der Waals surface area contributed by atoms with Gasteiger partial charge in [-0.05, 0) is 10.8 Å². The molecular weight excluding hydrogens is 244 g/mol. The van der Waals surface area contributed by atoms with Crippen LogP contribution < -0.4 is 11.2 Å². The highest BCUT2D eigenvalue weighted by molar-refractivity contribution is 5.70. The summed E-state index contributed by atoms with van der Waals surface area (Å²) in [5.41, 5.74) is 0.203. The van der Waals surface area contributed by atoms with Crippen molar-refractivity contribution in [1.82, 2.24) is 19.5 Å². The Hall–Kier alpha value is -1.85. The van der Waals surface area contributed by atoms with Crippen LogP contribution in [0.2, 0.25) is 0 Å². The minimum Gasteiger partial charge on any atom is -0.336 e. The number of hydrogen-bond acceptors (Lipinski definition) is 3. The Morgan fingerprint density at radius 3 is 2.21 bits per heavy atom. The summed E-state index contributed by atoms with van der Waals surface area (Å²) in [4.78, 5) is 33.2. The van der Waals surface area contributed by atoms with Gasteiger partial charge in [-0.2, -0.15) is 0 Å². The first kappa shape index (κ1) is 12.2. The molecule has 2 aromatic rings. The highest BCUT2D eigenvalue weighted by Gasteiger charge is 2.66. The lowest BCUT2D eigenvalue weighted by atomic mass is 10.0. The lowest BCUT2D eigenvalue weighted by molar-refractivity contribution is 0.457. The molecule has 0 radical (unpaired) electrons. The second kappa shape index (κ2) is 3.18. The molecule has 102 valence electrons. The molecule has 0 saturated heterocycles. The van der Waals surface area contributed by atoms with Crippen LogP contribution in [-0.2, 0) is 7.05 Å². The van der Waals surface area contributed by atoms with Gasteiger partial charge in [0.05, 0.1) is 0 Å². The number of H-pyrrole nitrogens is 2. The number of aryl methyl sites for hydroxylation is 1. The van der Waals surface area contributed by atoms with Gasteiger partial charge in [-0.1, -0.05) is 27.7 Å². The molecule has 19 heavy (non-hydrogen) atoms. The van der Waals surface area contributed by atoms with Gasteiger partial charge in [0, 0.05) is 13.0 Å². The SMILES string of the molecule is Cn1c(=O)[nH]c(=O)c2[nH]c(C3C(C)(C)C3(C)C)nc21. The second-order valence-electron chi connectivity index (χ2n) is 6.52. The van der Waals surface area contributed by atoms with Gasteiger partial charge >= 0.3 is 5.69 Å². The van der Waals surface area contributed by atoms with Gasteiger partial charge in [0.2, 0.25) is 0 Å².